The van der Waals surface area contributed by atoms with Crippen LogP contribution in [-0.2, 0) is 6.54 Å². The molecule has 3 nitrogen and oxygen atoms in total. The van der Waals surface area contributed by atoms with Crippen LogP contribution in [-0.4, -0.2) is 12.1 Å². The Morgan fingerprint density at radius 3 is 2.71 bits per heavy atom. The Kier molecular flexibility index (Phi) is 5.04. The number of aryl methyl sites for hydroxylation is 1. The van der Waals surface area contributed by atoms with E-state index in [4.69, 9.17) is 34.3 Å². The second-order valence-corrected chi connectivity index (χ2v) is 5.52. The van der Waals surface area contributed by atoms with Crippen LogP contribution in [0.2, 0.25) is 5.02 Å². The summed E-state index contributed by atoms with van der Waals surface area (Å²) in [4.78, 5) is 0.409. The summed E-state index contributed by atoms with van der Waals surface area (Å²) in [7, 11) is 1.64. The fraction of sp³-hybridized carbons (Fsp3) is 0.188. The number of nitrogens with one attached hydrogen (secondary N) is 1. The van der Waals surface area contributed by atoms with Crippen molar-refractivity contribution in [2.45, 2.75) is 13.5 Å². The lowest BCUT2D eigenvalue weighted by Gasteiger charge is -2.13. The zero-order valence-electron chi connectivity index (χ0n) is 11.9. The molecule has 0 radical (unpaired) electrons. The average molecular weight is 321 g/mol. The Morgan fingerprint density at radius 1 is 1.33 bits per heavy atom. The fourth-order valence-corrected chi connectivity index (χ4v) is 2.60. The standard InChI is InChI=1S/C16H17ClN2OS/c1-10-8-11(6-7-12(10)16(18)21)19-9-13-14(17)4-3-5-15(13)20-2/h3-8,19H,9H2,1-2H3,(H2,18,21). The smallest absolute Gasteiger partial charge is 0.125 e. The van der Waals surface area contributed by atoms with Gasteiger partial charge in [-0.1, -0.05) is 29.9 Å². The van der Waals surface area contributed by atoms with Gasteiger partial charge in [-0.3, -0.25) is 0 Å². The predicted molar refractivity (Wildman–Crippen MR) is 92.4 cm³/mol. The van der Waals surface area contributed by atoms with Gasteiger partial charge < -0.3 is 15.8 Å². The first-order valence-corrected chi connectivity index (χ1v) is 7.27. The molecular formula is C16H17ClN2OS. The SMILES string of the molecule is COc1cccc(Cl)c1CNc1ccc(C(N)=S)c(C)c1. The normalized spacial score (nSPS) is 10.2. The van der Waals surface area contributed by atoms with E-state index in [0.717, 1.165) is 28.1 Å². The third-order valence-electron chi connectivity index (χ3n) is 3.26. The van der Waals surface area contributed by atoms with Gasteiger partial charge in [0.05, 0.1) is 7.11 Å². The van der Waals surface area contributed by atoms with Gasteiger partial charge in [-0.15, -0.1) is 0 Å². The zero-order valence-corrected chi connectivity index (χ0v) is 13.5. The molecule has 5 heteroatoms. The first-order chi connectivity index (χ1) is 10.0. The van der Waals surface area contributed by atoms with Gasteiger partial charge >= 0.3 is 0 Å². The summed E-state index contributed by atoms with van der Waals surface area (Å²) >= 11 is 11.2. The van der Waals surface area contributed by atoms with Gasteiger partial charge in [0.15, 0.2) is 0 Å². The van der Waals surface area contributed by atoms with Crippen LogP contribution in [0.15, 0.2) is 36.4 Å². The maximum absolute atomic E-state index is 6.22. The minimum atomic E-state index is 0.409. The molecule has 0 aliphatic rings. The second-order valence-electron chi connectivity index (χ2n) is 4.67. The summed E-state index contributed by atoms with van der Waals surface area (Å²) in [6, 6.07) is 11.5. The molecule has 2 aromatic rings. The van der Waals surface area contributed by atoms with Crippen molar-refractivity contribution in [1.29, 1.82) is 0 Å². The van der Waals surface area contributed by atoms with E-state index in [9.17, 15) is 0 Å². The molecule has 0 fully saturated rings. The lowest BCUT2D eigenvalue weighted by molar-refractivity contribution is 0.410. The van der Waals surface area contributed by atoms with E-state index in [1.165, 1.54) is 0 Å². The number of anilines is 1. The quantitative estimate of drug-likeness (QED) is 0.820. The van der Waals surface area contributed by atoms with E-state index in [1.807, 2.05) is 43.3 Å². The third-order valence-corrected chi connectivity index (χ3v) is 3.83. The largest absolute Gasteiger partial charge is 0.496 e. The number of halogens is 1. The van der Waals surface area contributed by atoms with Gasteiger partial charge in [0.2, 0.25) is 0 Å². The van der Waals surface area contributed by atoms with E-state index >= 15 is 0 Å². The number of methoxy groups -OCH3 is 1. The lowest BCUT2D eigenvalue weighted by atomic mass is 10.1. The predicted octanol–water partition coefficient (Wildman–Crippen LogP) is 3.90. The Labute approximate surface area is 135 Å². The Bertz CT molecular complexity index is 673. The third kappa shape index (κ3) is 3.65. The van der Waals surface area contributed by atoms with Crippen LogP contribution < -0.4 is 15.8 Å². The van der Waals surface area contributed by atoms with Crippen molar-refractivity contribution >= 4 is 34.5 Å². The van der Waals surface area contributed by atoms with E-state index in [2.05, 4.69) is 5.32 Å². The number of ether oxygens (including phenoxy) is 1. The molecule has 0 saturated heterocycles. The maximum Gasteiger partial charge on any atom is 0.125 e. The van der Waals surface area contributed by atoms with Crippen molar-refractivity contribution in [1.82, 2.24) is 0 Å². The van der Waals surface area contributed by atoms with Gasteiger partial charge in [-0.2, -0.15) is 0 Å². The van der Waals surface area contributed by atoms with Crippen molar-refractivity contribution in [3.8, 4) is 5.75 Å². The van der Waals surface area contributed by atoms with Crippen molar-refractivity contribution in [3.05, 3.63) is 58.1 Å². The van der Waals surface area contributed by atoms with Crippen molar-refractivity contribution in [2.24, 2.45) is 5.73 Å². The van der Waals surface area contributed by atoms with Crippen LogP contribution in [0.25, 0.3) is 0 Å². The van der Waals surface area contributed by atoms with Crippen LogP contribution in [0, 0.1) is 6.92 Å². The summed E-state index contributed by atoms with van der Waals surface area (Å²) in [6.45, 7) is 2.56. The van der Waals surface area contributed by atoms with E-state index in [0.29, 0.717) is 16.6 Å². The number of nitrogens with two attached hydrogens (primary N) is 1. The van der Waals surface area contributed by atoms with E-state index in [1.54, 1.807) is 7.11 Å². The molecule has 21 heavy (non-hydrogen) atoms. The minimum Gasteiger partial charge on any atom is -0.496 e. The highest BCUT2D eigenvalue weighted by Crippen LogP contribution is 2.27. The van der Waals surface area contributed by atoms with Gasteiger partial charge in [0.25, 0.3) is 0 Å². The molecule has 0 aromatic heterocycles. The molecule has 0 unspecified atom stereocenters. The number of benzene rings is 2. The molecule has 0 amide bonds. The number of hydrogen-bond acceptors (Lipinski definition) is 3. The van der Waals surface area contributed by atoms with Crippen LogP contribution in [0.5, 0.6) is 5.75 Å². The highest BCUT2D eigenvalue weighted by molar-refractivity contribution is 7.80. The number of hydrogen-bond donors (Lipinski definition) is 2. The molecule has 0 bridgehead atoms. The van der Waals surface area contributed by atoms with Crippen LogP contribution >= 0.6 is 23.8 Å². The molecule has 0 aliphatic carbocycles. The van der Waals surface area contributed by atoms with Crippen LogP contribution in [0.4, 0.5) is 5.69 Å². The van der Waals surface area contributed by atoms with Crippen molar-refractivity contribution < 1.29 is 4.74 Å². The summed E-state index contributed by atoms with van der Waals surface area (Å²) in [5, 5.41) is 4.01. The van der Waals surface area contributed by atoms with Crippen molar-refractivity contribution in [3.63, 3.8) is 0 Å². The molecule has 2 rings (SSSR count). The lowest BCUT2D eigenvalue weighted by Crippen LogP contribution is -2.11. The van der Waals surface area contributed by atoms with Crippen LogP contribution in [0.1, 0.15) is 16.7 Å². The topological polar surface area (TPSA) is 47.3 Å². The van der Waals surface area contributed by atoms with Gasteiger partial charge in [-0.25, -0.2) is 0 Å². The Hall–Kier alpha value is -1.78. The Morgan fingerprint density at radius 2 is 2.10 bits per heavy atom. The Balaban J connectivity index is 2.17. The van der Waals surface area contributed by atoms with Crippen LogP contribution in [0.3, 0.4) is 0 Å². The van der Waals surface area contributed by atoms with E-state index in [-0.39, 0.29) is 0 Å². The number of thiocarbonyl (C=S) groups is 1. The molecule has 0 aliphatic heterocycles. The monoisotopic (exact) mass is 320 g/mol. The van der Waals surface area contributed by atoms with Crippen molar-refractivity contribution in [2.75, 3.05) is 12.4 Å². The molecule has 3 N–H and O–H groups in total. The van der Waals surface area contributed by atoms with Gasteiger partial charge in [-0.05, 0) is 42.8 Å². The molecule has 0 atom stereocenters. The highest BCUT2D eigenvalue weighted by atomic mass is 35.5. The molecule has 110 valence electrons. The first-order valence-electron chi connectivity index (χ1n) is 6.48. The average Bonchev–Trinajstić information content (AvgIpc) is 2.45. The zero-order chi connectivity index (χ0) is 15.4. The highest BCUT2D eigenvalue weighted by Gasteiger charge is 2.08. The summed E-state index contributed by atoms with van der Waals surface area (Å²) in [5.41, 5.74) is 9.51. The minimum absolute atomic E-state index is 0.409. The molecule has 2 aromatic carbocycles. The molecule has 0 heterocycles. The second kappa shape index (κ2) is 6.78. The summed E-state index contributed by atoms with van der Waals surface area (Å²) in [6.07, 6.45) is 0. The maximum atomic E-state index is 6.22. The fourth-order valence-electron chi connectivity index (χ4n) is 2.14. The molecule has 0 spiro atoms. The number of rotatable bonds is 5. The van der Waals surface area contributed by atoms with E-state index < -0.39 is 0 Å². The van der Waals surface area contributed by atoms with Gasteiger partial charge in [0, 0.05) is 28.4 Å². The molecule has 0 saturated carbocycles. The summed E-state index contributed by atoms with van der Waals surface area (Å²) in [5.74, 6) is 0.770. The first kappa shape index (κ1) is 15.6. The molecular weight excluding hydrogens is 304 g/mol. The summed E-state index contributed by atoms with van der Waals surface area (Å²) < 4.78 is 5.33. The van der Waals surface area contributed by atoms with Gasteiger partial charge in [0.1, 0.15) is 10.7 Å².